The van der Waals surface area contributed by atoms with Crippen molar-refractivity contribution in [2.45, 2.75) is 50.0 Å². The molecular formula is C24H28N2O4S. The number of fused-ring (bicyclic) bond motifs is 1. The van der Waals surface area contributed by atoms with E-state index >= 15 is 0 Å². The molecule has 0 aromatic heterocycles. The first-order chi connectivity index (χ1) is 14.9. The Kier molecular flexibility index (Phi) is 6.25. The van der Waals surface area contributed by atoms with Crippen molar-refractivity contribution in [2.24, 2.45) is 5.92 Å². The summed E-state index contributed by atoms with van der Waals surface area (Å²) in [6, 6.07) is 14.4. The van der Waals surface area contributed by atoms with Crippen LogP contribution in [0.5, 0.6) is 0 Å². The number of sulfonamides is 1. The maximum absolute atomic E-state index is 13.0. The minimum atomic E-state index is -3.68. The zero-order valence-corrected chi connectivity index (χ0v) is 18.5. The molecule has 1 unspecified atom stereocenters. The quantitative estimate of drug-likeness (QED) is 0.722. The largest absolute Gasteiger partial charge is 0.349 e. The Balaban J connectivity index is 1.39. The van der Waals surface area contributed by atoms with Crippen LogP contribution in [0.4, 0.5) is 0 Å². The molecule has 2 aromatic carbocycles. The summed E-state index contributed by atoms with van der Waals surface area (Å²) in [4.78, 5) is 24.6. The Morgan fingerprint density at radius 3 is 2.48 bits per heavy atom. The molecule has 2 aliphatic rings. The molecule has 2 aromatic rings. The highest BCUT2D eigenvalue weighted by molar-refractivity contribution is 7.89. The summed E-state index contributed by atoms with van der Waals surface area (Å²) in [5, 5.41) is 3.21. The molecule has 0 radical (unpaired) electrons. The third-order valence-electron chi connectivity index (χ3n) is 6.39. The van der Waals surface area contributed by atoms with Crippen LogP contribution in [0, 0.1) is 5.92 Å². The number of rotatable bonds is 5. The lowest BCUT2D eigenvalue weighted by molar-refractivity contribution is -0.127. The van der Waals surface area contributed by atoms with E-state index in [0.717, 1.165) is 19.3 Å². The van der Waals surface area contributed by atoms with Crippen LogP contribution in [0.3, 0.4) is 0 Å². The lowest BCUT2D eigenvalue weighted by Crippen LogP contribution is -2.44. The first-order valence-corrected chi connectivity index (χ1v) is 12.3. The lowest BCUT2D eigenvalue weighted by Gasteiger charge is -2.32. The fourth-order valence-corrected chi connectivity index (χ4v) is 6.09. The molecule has 164 valence electrons. The van der Waals surface area contributed by atoms with Gasteiger partial charge in [0.2, 0.25) is 15.9 Å². The third-order valence-corrected chi connectivity index (χ3v) is 8.28. The van der Waals surface area contributed by atoms with Gasteiger partial charge >= 0.3 is 0 Å². The van der Waals surface area contributed by atoms with E-state index in [0.29, 0.717) is 31.5 Å². The van der Waals surface area contributed by atoms with E-state index in [9.17, 15) is 18.0 Å². The molecule has 1 saturated heterocycles. The normalized spacial score (nSPS) is 20.1. The SMILES string of the molecule is CC(=O)c1cccc(S(=O)(=O)N2CCC(C(=O)NC3CCCc4ccccc43)CC2)c1. The van der Waals surface area contributed by atoms with Crippen molar-refractivity contribution in [3.8, 4) is 0 Å². The average Bonchev–Trinajstić information content (AvgIpc) is 2.79. The molecule has 1 fully saturated rings. The fourth-order valence-electron chi connectivity index (χ4n) is 4.58. The van der Waals surface area contributed by atoms with Crippen LogP contribution in [-0.4, -0.2) is 37.5 Å². The number of aryl methyl sites for hydroxylation is 1. The van der Waals surface area contributed by atoms with Gasteiger partial charge in [0.1, 0.15) is 0 Å². The van der Waals surface area contributed by atoms with Crippen LogP contribution >= 0.6 is 0 Å². The highest BCUT2D eigenvalue weighted by Gasteiger charge is 2.33. The molecule has 1 atom stereocenters. The average molecular weight is 441 g/mol. The van der Waals surface area contributed by atoms with E-state index < -0.39 is 10.0 Å². The minimum Gasteiger partial charge on any atom is -0.349 e. The Hall–Kier alpha value is -2.51. The standard InChI is InChI=1S/C24H28N2O4S/c1-17(27)20-8-4-9-21(16-20)31(29,30)26-14-12-19(13-15-26)24(28)25-23-11-5-7-18-6-2-3-10-22(18)23/h2-4,6,8-10,16,19,23H,5,7,11-15H2,1H3,(H,25,28). The van der Waals surface area contributed by atoms with Gasteiger partial charge in [-0.05, 0) is 62.3 Å². The molecule has 31 heavy (non-hydrogen) atoms. The molecule has 7 heteroatoms. The van der Waals surface area contributed by atoms with E-state index in [4.69, 9.17) is 0 Å². The summed E-state index contributed by atoms with van der Waals surface area (Å²) < 4.78 is 27.4. The highest BCUT2D eigenvalue weighted by Crippen LogP contribution is 2.31. The van der Waals surface area contributed by atoms with Crippen molar-refractivity contribution in [2.75, 3.05) is 13.1 Å². The van der Waals surface area contributed by atoms with E-state index in [1.54, 1.807) is 12.1 Å². The predicted molar refractivity (Wildman–Crippen MR) is 118 cm³/mol. The Morgan fingerprint density at radius 1 is 1.00 bits per heavy atom. The molecule has 4 rings (SSSR count). The van der Waals surface area contributed by atoms with Crippen molar-refractivity contribution in [3.63, 3.8) is 0 Å². The van der Waals surface area contributed by atoms with Gasteiger partial charge in [-0.1, -0.05) is 36.4 Å². The molecule has 1 aliphatic heterocycles. The van der Waals surface area contributed by atoms with E-state index in [-0.39, 0.29) is 28.5 Å². The smallest absolute Gasteiger partial charge is 0.243 e. The molecular weight excluding hydrogens is 412 g/mol. The predicted octanol–water partition coefficient (Wildman–Crippen LogP) is 3.48. The number of Topliss-reactive ketones (excluding diaryl/α,β-unsaturated/α-hetero) is 1. The first-order valence-electron chi connectivity index (χ1n) is 10.9. The van der Waals surface area contributed by atoms with Crippen molar-refractivity contribution in [1.82, 2.24) is 9.62 Å². The topological polar surface area (TPSA) is 83.6 Å². The molecule has 0 bridgehead atoms. The molecule has 1 amide bonds. The number of benzene rings is 2. The number of hydrogen-bond acceptors (Lipinski definition) is 4. The second-order valence-corrected chi connectivity index (χ2v) is 10.4. The van der Waals surface area contributed by atoms with Gasteiger partial charge in [-0.15, -0.1) is 0 Å². The summed E-state index contributed by atoms with van der Waals surface area (Å²) in [7, 11) is -3.68. The number of nitrogens with one attached hydrogen (secondary N) is 1. The van der Waals surface area contributed by atoms with Crippen molar-refractivity contribution in [1.29, 1.82) is 0 Å². The van der Waals surface area contributed by atoms with Crippen LogP contribution in [0.25, 0.3) is 0 Å². The number of ketones is 1. The lowest BCUT2D eigenvalue weighted by atomic mass is 9.87. The molecule has 1 aliphatic carbocycles. The minimum absolute atomic E-state index is 0.0114. The second kappa shape index (κ2) is 8.93. The summed E-state index contributed by atoms with van der Waals surface area (Å²) in [5.41, 5.74) is 2.88. The van der Waals surface area contributed by atoms with Crippen LogP contribution in [-0.2, 0) is 21.2 Å². The van der Waals surface area contributed by atoms with E-state index in [2.05, 4.69) is 17.4 Å². The fraction of sp³-hybridized carbons (Fsp3) is 0.417. The summed E-state index contributed by atoms with van der Waals surface area (Å²) in [6.45, 7) is 2.01. The van der Waals surface area contributed by atoms with Crippen LogP contribution < -0.4 is 5.32 Å². The zero-order valence-electron chi connectivity index (χ0n) is 17.7. The number of hydrogen-bond donors (Lipinski definition) is 1. The first kappa shape index (κ1) is 21.7. The van der Waals surface area contributed by atoms with Gasteiger partial charge in [0.15, 0.2) is 5.78 Å². The molecule has 1 N–H and O–H groups in total. The van der Waals surface area contributed by atoms with Crippen LogP contribution in [0.15, 0.2) is 53.4 Å². The second-order valence-electron chi connectivity index (χ2n) is 8.41. The molecule has 1 heterocycles. The molecule has 0 spiro atoms. The monoisotopic (exact) mass is 440 g/mol. The van der Waals surface area contributed by atoms with Gasteiger partial charge in [-0.25, -0.2) is 8.42 Å². The van der Waals surface area contributed by atoms with Crippen molar-refractivity contribution in [3.05, 3.63) is 65.2 Å². The summed E-state index contributed by atoms with van der Waals surface area (Å²) >= 11 is 0. The van der Waals surface area contributed by atoms with E-state index in [1.807, 2.05) is 12.1 Å². The Bertz CT molecular complexity index is 1090. The number of piperidine rings is 1. The Morgan fingerprint density at radius 2 is 1.74 bits per heavy atom. The number of amides is 1. The van der Waals surface area contributed by atoms with Gasteiger partial charge in [0, 0.05) is 24.6 Å². The van der Waals surface area contributed by atoms with Crippen molar-refractivity contribution < 1.29 is 18.0 Å². The van der Waals surface area contributed by atoms with E-state index in [1.165, 1.54) is 34.5 Å². The van der Waals surface area contributed by atoms with Gasteiger partial charge < -0.3 is 5.32 Å². The highest BCUT2D eigenvalue weighted by atomic mass is 32.2. The number of carbonyl (C=O) groups is 2. The maximum atomic E-state index is 13.0. The maximum Gasteiger partial charge on any atom is 0.243 e. The number of nitrogens with zero attached hydrogens (tertiary/aromatic N) is 1. The summed E-state index contributed by atoms with van der Waals surface area (Å²) in [5.74, 6) is -0.349. The van der Waals surface area contributed by atoms with Gasteiger partial charge in [-0.3, -0.25) is 9.59 Å². The van der Waals surface area contributed by atoms with Gasteiger partial charge in [0.25, 0.3) is 0 Å². The molecule has 0 saturated carbocycles. The third kappa shape index (κ3) is 4.57. The zero-order chi connectivity index (χ0) is 22.0. The van der Waals surface area contributed by atoms with Gasteiger partial charge in [-0.2, -0.15) is 4.31 Å². The van der Waals surface area contributed by atoms with Crippen LogP contribution in [0.2, 0.25) is 0 Å². The molecule has 6 nitrogen and oxygen atoms in total. The number of carbonyl (C=O) groups excluding carboxylic acids is 2. The summed E-state index contributed by atoms with van der Waals surface area (Å²) in [6.07, 6.45) is 4.02. The Labute approximate surface area is 183 Å². The van der Waals surface area contributed by atoms with Crippen LogP contribution in [0.1, 0.15) is 60.1 Å². The van der Waals surface area contributed by atoms with Crippen molar-refractivity contribution >= 4 is 21.7 Å². The van der Waals surface area contributed by atoms with Gasteiger partial charge in [0.05, 0.1) is 10.9 Å².